The molecule has 2 aromatic rings. The molecule has 0 aliphatic heterocycles. The summed E-state index contributed by atoms with van der Waals surface area (Å²) in [6.45, 7) is 3.80. The Morgan fingerprint density at radius 1 is 1.32 bits per heavy atom. The molecule has 0 saturated heterocycles. The number of esters is 1. The first kappa shape index (κ1) is 20.9. The maximum atomic E-state index is 12.2. The molecule has 0 radical (unpaired) electrons. The maximum absolute atomic E-state index is 12.2. The van der Waals surface area contributed by atoms with Gasteiger partial charge in [-0.1, -0.05) is 23.7 Å². The lowest BCUT2D eigenvalue weighted by Gasteiger charge is -2.13. The van der Waals surface area contributed by atoms with Gasteiger partial charge in [-0.3, -0.25) is 4.79 Å². The number of benzene rings is 1. The number of ether oxygens (including phenoxy) is 2. The molecule has 0 aliphatic rings. The van der Waals surface area contributed by atoms with E-state index in [9.17, 15) is 14.9 Å². The molecule has 7 nitrogen and oxygen atoms in total. The van der Waals surface area contributed by atoms with Crippen molar-refractivity contribution >= 4 is 35.2 Å². The lowest BCUT2D eigenvalue weighted by molar-refractivity contribution is -0.148. The lowest BCUT2D eigenvalue weighted by Crippen LogP contribution is -2.30. The average molecular weight is 400 g/mol. The fourth-order valence-corrected chi connectivity index (χ4v) is 2.29. The molecule has 1 heterocycles. The Bertz CT molecular complexity index is 920. The summed E-state index contributed by atoms with van der Waals surface area (Å²) in [5, 5.41) is 11.9. The quantitative estimate of drug-likeness (QED) is 0.330. The lowest BCUT2D eigenvalue weighted by atomic mass is 10.1. The molecule has 1 aromatic heterocycles. The number of carbonyl (C=O) groups excluding carboxylic acids is 2. The van der Waals surface area contributed by atoms with Crippen molar-refractivity contribution in [1.29, 1.82) is 5.26 Å². The maximum Gasteiger partial charge on any atom is 0.349 e. The van der Waals surface area contributed by atoms with Crippen LogP contribution < -0.4 is 10.1 Å². The first-order chi connectivity index (χ1) is 13.4. The number of halogens is 1. The van der Waals surface area contributed by atoms with Gasteiger partial charge in [0.25, 0.3) is 5.91 Å². The van der Waals surface area contributed by atoms with Crippen molar-refractivity contribution in [2.45, 2.75) is 20.0 Å². The Morgan fingerprint density at radius 3 is 2.64 bits per heavy atom. The summed E-state index contributed by atoms with van der Waals surface area (Å²) < 4.78 is 10.4. The van der Waals surface area contributed by atoms with Crippen LogP contribution in [0, 0.1) is 11.3 Å². The number of anilines is 1. The van der Waals surface area contributed by atoms with Crippen molar-refractivity contribution in [3.05, 3.63) is 58.9 Å². The minimum atomic E-state index is -1.14. The van der Waals surface area contributed by atoms with Crippen LogP contribution in [-0.2, 0) is 14.3 Å². The van der Waals surface area contributed by atoms with E-state index < -0.39 is 18.0 Å². The van der Waals surface area contributed by atoms with Crippen LogP contribution in [0.15, 0.2) is 48.2 Å². The van der Waals surface area contributed by atoms with E-state index in [0.29, 0.717) is 23.6 Å². The van der Waals surface area contributed by atoms with Gasteiger partial charge in [0.15, 0.2) is 11.3 Å². The van der Waals surface area contributed by atoms with Gasteiger partial charge in [0.2, 0.25) is 0 Å². The predicted octanol–water partition coefficient (Wildman–Crippen LogP) is 3.61. The smallest absolute Gasteiger partial charge is 0.349 e. The number of amides is 1. The highest BCUT2D eigenvalue weighted by Crippen LogP contribution is 2.18. The van der Waals surface area contributed by atoms with Gasteiger partial charge in [-0.15, -0.1) is 0 Å². The molecule has 8 heteroatoms. The average Bonchev–Trinajstić information content (AvgIpc) is 2.69. The molecular weight excluding hydrogens is 382 g/mol. The van der Waals surface area contributed by atoms with Crippen molar-refractivity contribution < 1.29 is 19.1 Å². The number of pyridine rings is 1. The number of aromatic nitrogens is 1. The molecule has 28 heavy (non-hydrogen) atoms. The van der Waals surface area contributed by atoms with E-state index in [1.165, 1.54) is 19.2 Å². The summed E-state index contributed by atoms with van der Waals surface area (Å²) in [7, 11) is 0. The van der Waals surface area contributed by atoms with E-state index in [0.717, 1.165) is 0 Å². The molecule has 0 aliphatic carbocycles. The number of nitrogens with zero attached hydrogens (tertiary/aromatic N) is 2. The summed E-state index contributed by atoms with van der Waals surface area (Å²) in [6.07, 6.45) is 1.72. The van der Waals surface area contributed by atoms with Crippen LogP contribution in [-0.4, -0.2) is 29.6 Å². The number of nitrogens with one attached hydrogen (secondary N) is 1. The fraction of sp³-hybridized carbons (Fsp3) is 0.200. The van der Waals surface area contributed by atoms with Gasteiger partial charge in [-0.25, -0.2) is 9.78 Å². The van der Waals surface area contributed by atoms with Gasteiger partial charge in [0, 0.05) is 6.20 Å². The fourth-order valence-electron chi connectivity index (χ4n) is 2.12. The Balaban J connectivity index is 2.03. The summed E-state index contributed by atoms with van der Waals surface area (Å²) in [6, 6.07) is 11.8. The number of carbonyl (C=O) groups is 2. The molecule has 144 valence electrons. The normalized spacial score (nSPS) is 11.9. The minimum absolute atomic E-state index is 0.113. The van der Waals surface area contributed by atoms with Crippen LogP contribution in [0.5, 0.6) is 5.75 Å². The summed E-state index contributed by atoms with van der Waals surface area (Å²) >= 11 is 5.88. The van der Waals surface area contributed by atoms with Gasteiger partial charge >= 0.3 is 5.97 Å². The highest BCUT2D eigenvalue weighted by atomic mass is 35.5. The molecule has 1 aromatic carbocycles. The molecule has 0 fully saturated rings. The molecule has 1 amide bonds. The van der Waals surface area contributed by atoms with E-state index in [4.69, 9.17) is 21.1 Å². The van der Waals surface area contributed by atoms with Crippen LogP contribution in [0.2, 0.25) is 5.15 Å². The van der Waals surface area contributed by atoms with E-state index >= 15 is 0 Å². The van der Waals surface area contributed by atoms with Crippen molar-refractivity contribution in [2.75, 3.05) is 11.9 Å². The third-order valence-electron chi connectivity index (χ3n) is 3.51. The largest absolute Gasteiger partial charge is 0.494 e. The van der Waals surface area contributed by atoms with Crippen LogP contribution in [0.4, 0.5) is 5.69 Å². The van der Waals surface area contributed by atoms with E-state index in [-0.39, 0.29) is 10.7 Å². The third-order valence-corrected chi connectivity index (χ3v) is 3.81. The van der Waals surface area contributed by atoms with E-state index in [1.54, 1.807) is 42.5 Å². The molecule has 1 atom stereocenters. The number of hydrogen-bond donors (Lipinski definition) is 1. The first-order valence-electron chi connectivity index (χ1n) is 8.41. The Hall–Kier alpha value is -3.37. The Kier molecular flexibility index (Phi) is 7.55. The highest BCUT2D eigenvalue weighted by molar-refractivity contribution is 6.32. The zero-order chi connectivity index (χ0) is 20.5. The summed E-state index contributed by atoms with van der Waals surface area (Å²) in [5.41, 5.74) is 0.682. The highest BCUT2D eigenvalue weighted by Gasteiger charge is 2.21. The second kappa shape index (κ2) is 10.1. The van der Waals surface area contributed by atoms with E-state index in [1.807, 2.05) is 6.92 Å². The summed E-state index contributed by atoms with van der Waals surface area (Å²) in [4.78, 5) is 28.2. The first-order valence-corrected chi connectivity index (χ1v) is 8.79. The van der Waals surface area contributed by atoms with Crippen LogP contribution >= 0.6 is 11.6 Å². The van der Waals surface area contributed by atoms with Gasteiger partial charge in [-0.05, 0) is 49.8 Å². The monoisotopic (exact) mass is 399 g/mol. The topological polar surface area (TPSA) is 101 Å². The van der Waals surface area contributed by atoms with E-state index in [2.05, 4.69) is 10.3 Å². The van der Waals surface area contributed by atoms with Gasteiger partial charge in [0.1, 0.15) is 17.4 Å². The molecular formula is C20H18ClN3O4. The standard InChI is InChI=1S/C20H18ClN3O4/c1-3-27-16-8-6-14(7-9-16)11-15(12-22)20(26)28-13(2)19(25)24-17-5-4-10-23-18(17)21/h4-11,13H,3H2,1-2H3,(H,24,25)/b15-11+/t13-/m1/s1. The zero-order valence-corrected chi connectivity index (χ0v) is 16.1. The number of hydrogen-bond acceptors (Lipinski definition) is 6. The molecule has 0 bridgehead atoms. The van der Waals surface area contributed by atoms with Crippen molar-refractivity contribution in [2.24, 2.45) is 0 Å². The van der Waals surface area contributed by atoms with Gasteiger partial charge < -0.3 is 14.8 Å². The van der Waals surface area contributed by atoms with Gasteiger partial charge in [-0.2, -0.15) is 5.26 Å². The minimum Gasteiger partial charge on any atom is -0.494 e. The number of rotatable bonds is 7. The number of nitriles is 1. The second-order valence-electron chi connectivity index (χ2n) is 5.55. The second-order valence-corrected chi connectivity index (χ2v) is 5.91. The molecule has 2 rings (SSSR count). The third kappa shape index (κ3) is 5.83. The Morgan fingerprint density at radius 2 is 2.04 bits per heavy atom. The van der Waals surface area contributed by atoms with Crippen LogP contribution in [0.3, 0.4) is 0 Å². The van der Waals surface area contributed by atoms with Crippen molar-refractivity contribution in [3.8, 4) is 11.8 Å². The van der Waals surface area contributed by atoms with Crippen LogP contribution in [0.1, 0.15) is 19.4 Å². The van der Waals surface area contributed by atoms with Crippen molar-refractivity contribution in [3.63, 3.8) is 0 Å². The van der Waals surface area contributed by atoms with Gasteiger partial charge in [0.05, 0.1) is 12.3 Å². The van der Waals surface area contributed by atoms with Crippen LogP contribution in [0.25, 0.3) is 6.08 Å². The molecule has 0 unspecified atom stereocenters. The molecule has 0 spiro atoms. The SMILES string of the molecule is CCOc1ccc(/C=C(\C#N)C(=O)O[C@H](C)C(=O)Nc2cccnc2Cl)cc1. The molecule has 1 N–H and O–H groups in total. The van der Waals surface area contributed by atoms with Crippen molar-refractivity contribution in [1.82, 2.24) is 4.98 Å². The predicted molar refractivity (Wildman–Crippen MR) is 105 cm³/mol. The summed E-state index contributed by atoms with van der Waals surface area (Å²) in [5.74, 6) is -0.821. The molecule has 0 saturated carbocycles. The zero-order valence-electron chi connectivity index (χ0n) is 15.3. The Labute approximate surface area is 167 Å².